The van der Waals surface area contributed by atoms with E-state index >= 15 is 0 Å². The van der Waals surface area contributed by atoms with E-state index < -0.39 is 5.97 Å². The number of carboxylic acids is 1. The molecule has 0 aromatic carbocycles. The largest absolute Gasteiger partial charge is 0.481 e. The minimum absolute atomic E-state index is 0.0499. The van der Waals surface area contributed by atoms with Crippen molar-refractivity contribution in [1.29, 1.82) is 0 Å². The Morgan fingerprint density at radius 2 is 2.00 bits per heavy atom. The zero-order valence-corrected chi connectivity index (χ0v) is 18.0. The van der Waals surface area contributed by atoms with Gasteiger partial charge in [0.25, 0.3) is 0 Å². The highest BCUT2D eigenvalue weighted by molar-refractivity contribution is 8.00. The molecule has 1 saturated heterocycles. The van der Waals surface area contributed by atoms with Crippen molar-refractivity contribution in [2.45, 2.75) is 35.5 Å². The van der Waals surface area contributed by atoms with Crippen molar-refractivity contribution >= 4 is 40.9 Å². The van der Waals surface area contributed by atoms with Crippen molar-refractivity contribution in [3.05, 3.63) is 38.7 Å². The van der Waals surface area contributed by atoms with Crippen LogP contribution in [0.1, 0.15) is 35.8 Å². The van der Waals surface area contributed by atoms with Gasteiger partial charge < -0.3 is 14.5 Å². The summed E-state index contributed by atoms with van der Waals surface area (Å²) in [7, 11) is 0. The number of rotatable bonds is 5. The maximum absolute atomic E-state index is 13.3. The molecule has 10 heteroatoms. The Morgan fingerprint density at radius 1 is 1.23 bits per heavy atom. The van der Waals surface area contributed by atoms with Gasteiger partial charge in [0.15, 0.2) is 0 Å². The smallest absolute Gasteiger partial charge is 0.305 e. The molecule has 8 nitrogen and oxygen atoms in total. The van der Waals surface area contributed by atoms with Crippen LogP contribution in [0, 0.1) is 29.6 Å². The number of carboxylic acid groups (broad SMARTS) is 1. The quantitative estimate of drug-likeness (QED) is 0.657. The van der Waals surface area contributed by atoms with Crippen LogP contribution < -0.4 is 4.87 Å². The van der Waals surface area contributed by atoms with Gasteiger partial charge in [-0.25, -0.2) is 0 Å². The predicted octanol–water partition coefficient (Wildman–Crippen LogP) is 2.37. The van der Waals surface area contributed by atoms with Crippen molar-refractivity contribution < 1.29 is 23.9 Å². The van der Waals surface area contributed by atoms with Gasteiger partial charge in [0.2, 0.25) is 11.8 Å². The second-order valence-electron chi connectivity index (χ2n) is 8.80. The van der Waals surface area contributed by atoms with E-state index in [1.165, 1.54) is 16.2 Å². The SMILES string of the molecule is O=C(O)CCCN1C(=O)[C@@H]2[C@H]3C[C@@H]([C@H]2C1=O)[C@H]1[C@@H](c2ccco2)c2sc(=O)[nH]c2S[C@@H]31. The highest BCUT2D eigenvalue weighted by atomic mass is 32.2. The van der Waals surface area contributed by atoms with Crippen LogP contribution in [0.25, 0.3) is 0 Å². The number of thioether (sulfide) groups is 1. The Balaban J connectivity index is 1.36. The molecule has 2 amide bonds. The van der Waals surface area contributed by atoms with Gasteiger partial charge in [-0.3, -0.25) is 24.1 Å². The number of furan rings is 1. The number of hydrogen-bond donors (Lipinski definition) is 2. The van der Waals surface area contributed by atoms with Gasteiger partial charge in [0, 0.05) is 18.2 Å². The third kappa shape index (κ3) is 2.67. The number of likely N-dealkylation sites (tertiary alicyclic amines) is 1. The van der Waals surface area contributed by atoms with Crippen molar-refractivity contribution in [2.24, 2.45) is 29.6 Å². The molecule has 0 radical (unpaired) electrons. The van der Waals surface area contributed by atoms with Gasteiger partial charge in [-0.05, 0) is 42.7 Å². The molecule has 0 spiro atoms. The number of hydrogen-bond acceptors (Lipinski definition) is 7. The Bertz CT molecular complexity index is 1140. The maximum Gasteiger partial charge on any atom is 0.305 e. The number of aliphatic carboxylic acids is 1. The van der Waals surface area contributed by atoms with E-state index in [4.69, 9.17) is 9.52 Å². The molecule has 2 N–H and O–H groups in total. The summed E-state index contributed by atoms with van der Waals surface area (Å²) in [6, 6.07) is 3.76. The number of nitrogens with zero attached hydrogens (tertiary/aromatic N) is 1. The van der Waals surface area contributed by atoms with Gasteiger partial charge in [0.1, 0.15) is 5.76 Å². The fourth-order valence-electron chi connectivity index (χ4n) is 6.47. The molecule has 4 heterocycles. The lowest BCUT2D eigenvalue weighted by atomic mass is 9.69. The average molecular weight is 461 g/mol. The first-order valence-electron chi connectivity index (χ1n) is 10.5. The molecule has 162 valence electrons. The zero-order valence-electron chi connectivity index (χ0n) is 16.4. The minimum Gasteiger partial charge on any atom is -0.481 e. The molecule has 2 aromatic heterocycles. The van der Waals surface area contributed by atoms with E-state index in [1.54, 1.807) is 18.0 Å². The number of fused-ring (bicyclic) bond motifs is 9. The first-order valence-corrected chi connectivity index (χ1v) is 12.2. The summed E-state index contributed by atoms with van der Waals surface area (Å²) < 4.78 is 5.77. The molecule has 2 bridgehead atoms. The van der Waals surface area contributed by atoms with Crippen LogP contribution in [0.2, 0.25) is 0 Å². The highest BCUT2D eigenvalue weighted by Crippen LogP contribution is 2.68. The molecule has 3 fully saturated rings. The zero-order chi connectivity index (χ0) is 21.4. The Hall–Kier alpha value is -2.33. The summed E-state index contributed by atoms with van der Waals surface area (Å²) in [4.78, 5) is 54.5. The number of nitrogens with one attached hydrogen (secondary N) is 1. The van der Waals surface area contributed by atoms with E-state index in [9.17, 15) is 19.2 Å². The van der Waals surface area contributed by atoms with Crippen LogP contribution >= 0.6 is 23.1 Å². The van der Waals surface area contributed by atoms with E-state index in [-0.39, 0.29) is 76.8 Å². The van der Waals surface area contributed by atoms with Crippen LogP contribution in [0.5, 0.6) is 0 Å². The number of carbonyl (C=O) groups excluding carboxylic acids is 2. The van der Waals surface area contributed by atoms with Crippen LogP contribution in [-0.2, 0) is 14.4 Å². The standard InChI is InChI=1S/C21H20N2O6S2/c24-11(25)4-1-5-23-19(26)13-8-7-9(14(13)20(23)27)16-12(8)15(10-3-2-6-29-10)17-18(30-16)22-21(28)31-17/h2-3,6,8-9,12-16H,1,4-5,7H2,(H,22,28)(H,24,25)/t8-,9-,12+,13-,14-,15-,16+/m1/s1. The summed E-state index contributed by atoms with van der Waals surface area (Å²) in [5, 5.41) is 9.89. The van der Waals surface area contributed by atoms with Gasteiger partial charge in [0.05, 0.1) is 33.9 Å². The molecule has 6 rings (SSSR count). The highest BCUT2D eigenvalue weighted by Gasteiger charge is 2.69. The summed E-state index contributed by atoms with van der Waals surface area (Å²) in [5.74, 6) is -0.965. The summed E-state index contributed by atoms with van der Waals surface area (Å²) in [6.45, 7) is 0.168. The van der Waals surface area contributed by atoms with Crippen molar-refractivity contribution in [1.82, 2.24) is 9.88 Å². The Kier molecular flexibility index (Phi) is 4.27. The van der Waals surface area contributed by atoms with Crippen LogP contribution in [0.3, 0.4) is 0 Å². The topological polar surface area (TPSA) is 121 Å². The fraction of sp³-hybridized carbons (Fsp3) is 0.524. The number of amides is 2. The van der Waals surface area contributed by atoms with Crippen molar-refractivity contribution in [2.75, 3.05) is 6.54 Å². The lowest BCUT2D eigenvalue weighted by Gasteiger charge is -2.42. The lowest BCUT2D eigenvalue weighted by Crippen LogP contribution is -2.42. The molecule has 0 unspecified atom stereocenters. The van der Waals surface area contributed by atoms with E-state index in [1.807, 2.05) is 12.1 Å². The number of thiazole rings is 1. The van der Waals surface area contributed by atoms with Gasteiger partial charge in [-0.1, -0.05) is 11.3 Å². The molecule has 2 aromatic rings. The second-order valence-corrected chi connectivity index (χ2v) is 11.0. The number of imide groups is 1. The van der Waals surface area contributed by atoms with E-state index in [0.717, 1.165) is 22.1 Å². The number of aromatic amines is 1. The van der Waals surface area contributed by atoms with Gasteiger partial charge in [-0.2, -0.15) is 0 Å². The first-order chi connectivity index (χ1) is 15.0. The molecular formula is C21H20N2O6S2. The van der Waals surface area contributed by atoms with E-state index in [0.29, 0.717) is 0 Å². The van der Waals surface area contributed by atoms with Crippen molar-refractivity contribution in [3.8, 4) is 0 Å². The summed E-state index contributed by atoms with van der Waals surface area (Å²) >= 11 is 2.85. The summed E-state index contributed by atoms with van der Waals surface area (Å²) in [6.07, 6.45) is 2.67. The average Bonchev–Trinajstić information content (AvgIpc) is 3.51. The maximum atomic E-state index is 13.3. The summed E-state index contributed by atoms with van der Waals surface area (Å²) in [5.41, 5.74) is 0. The molecule has 7 atom stereocenters. The van der Waals surface area contributed by atoms with Gasteiger partial charge in [-0.15, -0.1) is 11.8 Å². The van der Waals surface area contributed by atoms with Crippen LogP contribution in [0.15, 0.2) is 32.6 Å². The third-order valence-electron chi connectivity index (χ3n) is 7.44. The molecule has 4 aliphatic rings. The third-order valence-corrected chi connectivity index (χ3v) is 10.0. The molecule has 31 heavy (non-hydrogen) atoms. The Labute approximate surface area is 185 Å². The lowest BCUT2D eigenvalue weighted by molar-refractivity contribution is -0.142. The number of carbonyl (C=O) groups is 3. The molecule has 2 aliphatic carbocycles. The monoisotopic (exact) mass is 460 g/mol. The molecule has 2 saturated carbocycles. The molecule has 2 aliphatic heterocycles. The molecular weight excluding hydrogens is 440 g/mol. The van der Waals surface area contributed by atoms with E-state index in [2.05, 4.69) is 4.98 Å². The normalized spacial score (nSPS) is 35.4. The van der Waals surface area contributed by atoms with Crippen molar-refractivity contribution in [3.63, 3.8) is 0 Å². The minimum atomic E-state index is -0.928. The fourth-order valence-corrected chi connectivity index (χ4v) is 9.34. The van der Waals surface area contributed by atoms with Crippen LogP contribution in [0.4, 0.5) is 0 Å². The number of aromatic nitrogens is 1. The first kappa shape index (κ1) is 19.4. The van der Waals surface area contributed by atoms with Crippen LogP contribution in [-0.4, -0.2) is 44.6 Å². The Morgan fingerprint density at radius 3 is 2.71 bits per heavy atom. The second kappa shape index (κ2) is 6.83. The number of H-pyrrole nitrogens is 1. The van der Waals surface area contributed by atoms with Gasteiger partial charge >= 0.3 is 10.8 Å². The predicted molar refractivity (Wildman–Crippen MR) is 111 cm³/mol.